The van der Waals surface area contributed by atoms with E-state index in [1.807, 2.05) is 159 Å². The Balaban J connectivity index is 0.000000176. The summed E-state index contributed by atoms with van der Waals surface area (Å²) in [6.45, 7) is 29.1. The molecule has 0 spiro atoms. The number of halogens is 1. The van der Waals surface area contributed by atoms with Gasteiger partial charge in [0.25, 0.3) is 0 Å². The molecule has 3 aliphatic heterocycles. The van der Waals surface area contributed by atoms with Gasteiger partial charge in [-0.15, -0.1) is 0 Å². The second-order valence-corrected chi connectivity index (χ2v) is 26.1. The van der Waals surface area contributed by atoms with Crippen molar-refractivity contribution in [2.24, 2.45) is 9.98 Å². The van der Waals surface area contributed by atoms with Crippen molar-refractivity contribution in [2.45, 2.75) is 145 Å². The van der Waals surface area contributed by atoms with E-state index in [1.54, 1.807) is 16.0 Å². The number of hydrogen-bond donors (Lipinski definition) is 2. The predicted molar refractivity (Wildman–Crippen MR) is 362 cm³/mol. The number of nitrogens with two attached hydrogens (primary N) is 2. The Morgan fingerprint density at radius 2 is 1.08 bits per heavy atom. The van der Waals surface area contributed by atoms with Gasteiger partial charge in [-0.2, -0.15) is 0 Å². The smallest absolute Gasteiger partial charge is 0.444 e. The van der Waals surface area contributed by atoms with E-state index in [9.17, 15) is 9.59 Å². The molecule has 4 aromatic heterocycles. The number of nitrogens with zero attached hydrogens (tertiary/aromatic N) is 10. The summed E-state index contributed by atoms with van der Waals surface area (Å²) in [4.78, 5) is 56.6. The number of amides is 2. The third-order valence-corrected chi connectivity index (χ3v) is 16.1. The van der Waals surface area contributed by atoms with Crippen LogP contribution in [-0.2, 0) is 67.6 Å². The Morgan fingerprint density at radius 3 is 1.51 bits per heavy atom. The van der Waals surface area contributed by atoms with E-state index < -0.39 is 11.2 Å². The number of fused-ring (bicyclic) bond motifs is 6. The molecule has 0 saturated carbocycles. The fourth-order valence-electron chi connectivity index (χ4n) is 10.3. The molecule has 3 aliphatic rings. The standard InChI is InChI=1S/C31H36N6O3.C27H32BrN5O3.C10H16BNO2/c1-5-36(30(38)40-31(2,3)4)19-26-35-27-28(37(26)15-16-39-20-21-9-7-6-8-10-21)24-12-11-22(23-13-14-33-18-23)17-25(24)34-29(27)32;1-5-32(26(34)36-27(2,3)4)16-22-31-23-24(20-12-11-19(28)15-21(20)30-25(23)29)33(22)13-14-35-17-18-9-7-6-8-10-18;1-9(2)10(3,4)14-11(13-9)8-5-6-12-7-8/h6-14,17H,5,15-16,18-20H2,1-4H3,(H2,32,34);6-12,15H,5,13-14,16-17H2,1-4H3,(H2,29,30);5-6H,7H2,1-4H3. The van der Waals surface area contributed by atoms with Gasteiger partial charge in [0, 0.05) is 53.9 Å². The van der Waals surface area contributed by atoms with Crippen molar-refractivity contribution in [2.75, 3.05) is 50.9 Å². The molecular formula is C68H84BBrN12O8. The van der Waals surface area contributed by atoms with Crippen molar-refractivity contribution >= 4 is 109 Å². The number of rotatable bonds is 18. The lowest BCUT2D eigenvalue weighted by Crippen LogP contribution is -2.41. The lowest BCUT2D eigenvalue weighted by Gasteiger charge is -2.32. The lowest BCUT2D eigenvalue weighted by atomic mass is 9.79. The maximum atomic E-state index is 13.0. The van der Waals surface area contributed by atoms with Gasteiger partial charge in [-0.05, 0) is 147 Å². The summed E-state index contributed by atoms with van der Waals surface area (Å²) in [5, 5.41) is 1.87. The minimum absolute atomic E-state index is 0.220. The number of aromatic nitrogens is 6. The Bertz CT molecular complexity index is 3970. The van der Waals surface area contributed by atoms with Crippen molar-refractivity contribution in [3.63, 3.8) is 0 Å². The van der Waals surface area contributed by atoms with Gasteiger partial charge < -0.3 is 58.7 Å². The first-order valence-corrected chi connectivity index (χ1v) is 31.4. The van der Waals surface area contributed by atoms with Gasteiger partial charge in [0.05, 0.1) is 85.9 Å². The molecule has 0 unspecified atom stereocenters. The zero-order valence-electron chi connectivity index (χ0n) is 53.9. The lowest BCUT2D eigenvalue weighted by molar-refractivity contribution is 0.00578. The molecule has 20 nitrogen and oxygen atoms in total. The van der Waals surface area contributed by atoms with E-state index in [2.05, 4.69) is 79.9 Å². The Kier molecular flexibility index (Phi) is 21.0. The number of allylic oxidation sites excluding steroid dienone is 2. The summed E-state index contributed by atoms with van der Waals surface area (Å²) in [5.74, 6) is 2.09. The van der Waals surface area contributed by atoms with Crippen molar-refractivity contribution in [1.82, 2.24) is 38.9 Å². The van der Waals surface area contributed by atoms with Crippen molar-refractivity contribution in [1.29, 1.82) is 0 Å². The highest BCUT2D eigenvalue weighted by atomic mass is 79.9. The zero-order valence-corrected chi connectivity index (χ0v) is 55.5. The largest absolute Gasteiger partial charge is 0.492 e. The second-order valence-electron chi connectivity index (χ2n) is 25.2. The molecule has 8 aromatic rings. The molecule has 4 N–H and O–H groups in total. The highest BCUT2D eigenvalue weighted by Crippen LogP contribution is 2.39. The fraction of sp³-hybridized carbons (Fsp3) is 0.412. The summed E-state index contributed by atoms with van der Waals surface area (Å²) >= 11 is 3.52. The number of carbonyl (C=O) groups excluding carboxylic acids is 2. The third kappa shape index (κ3) is 16.3. The number of carbonyl (C=O) groups is 2. The first kappa shape index (κ1) is 66.4. The number of anilines is 2. The quantitative estimate of drug-likeness (QED) is 0.0601. The van der Waals surface area contributed by atoms with Gasteiger partial charge in [0.1, 0.15) is 33.9 Å². The van der Waals surface area contributed by atoms with Crippen LogP contribution in [-0.4, -0.2) is 132 Å². The molecular weight excluding hydrogens is 1200 g/mol. The summed E-state index contributed by atoms with van der Waals surface area (Å²) in [6.07, 6.45) is 6.85. The number of hydrogen-bond acceptors (Lipinski definition) is 16. The number of ether oxygens (including phenoxy) is 4. The summed E-state index contributed by atoms with van der Waals surface area (Å²) in [6, 6.07) is 32.2. The molecule has 4 aromatic carbocycles. The summed E-state index contributed by atoms with van der Waals surface area (Å²) in [5.41, 5.74) is 21.2. The maximum absolute atomic E-state index is 13.0. The highest BCUT2D eigenvalue weighted by Gasteiger charge is 2.52. The van der Waals surface area contributed by atoms with Crippen LogP contribution in [0.3, 0.4) is 0 Å². The monoisotopic (exact) mass is 1290 g/mol. The number of benzene rings is 4. The van der Waals surface area contributed by atoms with E-state index in [0.29, 0.717) is 100 Å². The minimum Gasteiger partial charge on any atom is -0.444 e. The molecule has 0 atom stereocenters. The second kappa shape index (κ2) is 28.4. The van der Waals surface area contributed by atoms with Gasteiger partial charge in [0.2, 0.25) is 0 Å². The van der Waals surface area contributed by atoms with Crippen molar-refractivity contribution < 1.29 is 37.8 Å². The highest BCUT2D eigenvalue weighted by molar-refractivity contribution is 9.10. The van der Waals surface area contributed by atoms with Gasteiger partial charge >= 0.3 is 19.3 Å². The Morgan fingerprint density at radius 1 is 0.622 bits per heavy atom. The van der Waals surface area contributed by atoms with Crippen LogP contribution in [0.1, 0.15) is 111 Å². The van der Waals surface area contributed by atoms with Crippen LogP contribution in [0.5, 0.6) is 0 Å². The average molecular weight is 1290 g/mol. The van der Waals surface area contributed by atoms with E-state index in [1.165, 1.54) is 0 Å². The van der Waals surface area contributed by atoms with Crippen LogP contribution < -0.4 is 11.5 Å². The van der Waals surface area contributed by atoms with Crippen LogP contribution in [0.2, 0.25) is 0 Å². The first-order chi connectivity index (χ1) is 42.8. The number of imidazole rings is 2. The molecule has 1 fully saturated rings. The molecule has 1 saturated heterocycles. The third-order valence-electron chi connectivity index (χ3n) is 15.6. The Hall–Kier alpha value is -8.02. The number of aliphatic imine (C=N–C) groups is 2. The van der Waals surface area contributed by atoms with Crippen LogP contribution in [0, 0.1) is 0 Å². The first-order valence-electron chi connectivity index (χ1n) is 30.6. The van der Waals surface area contributed by atoms with Crippen LogP contribution >= 0.6 is 15.9 Å². The average Bonchev–Trinajstić information content (AvgIpc) is 1.59. The fourth-order valence-corrected chi connectivity index (χ4v) is 10.6. The molecule has 0 aliphatic carbocycles. The van der Waals surface area contributed by atoms with E-state index in [-0.39, 0.29) is 43.6 Å². The predicted octanol–water partition coefficient (Wildman–Crippen LogP) is 13.1. The van der Waals surface area contributed by atoms with E-state index in [0.717, 1.165) is 65.0 Å². The van der Waals surface area contributed by atoms with E-state index in [4.69, 9.17) is 54.7 Å². The summed E-state index contributed by atoms with van der Waals surface area (Å²) < 4.78 is 40.2. The van der Waals surface area contributed by atoms with Gasteiger partial charge in [-0.3, -0.25) is 9.98 Å². The minimum atomic E-state index is -0.599. The number of nitrogen functional groups attached to an aromatic ring is 2. The van der Waals surface area contributed by atoms with Crippen molar-refractivity contribution in [3.8, 4) is 0 Å². The molecule has 90 heavy (non-hydrogen) atoms. The molecule has 474 valence electrons. The molecule has 0 bridgehead atoms. The number of pyridine rings is 2. The molecule has 7 heterocycles. The molecule has 0 radical (unpaired) electrons. The topological polar surface area (TPSA) is 234 Å². The van der Waals surface area contributed by atoms with Gasteiger partial charge in [-0.1, -0.05) is 88.7 Å². The van der Waals surface area contributed by atoms with Gasteiger partial charge in [-0.25, -0.2) is 29.5 Å². The molecule has 2 amide bonds. The van der Waals surface area contributed by atoms with Crippen LogP contribution in [0.15, 0.2) is 129 Å². The molecule has 11 rings (SSSR count). The van der Waals surface area contributed by atoms with E-state index >= 15 is 0 Å². The van der Waals surface area contributed by atoms with Crippen LogP contribution in [0.25, 0.3) is 49.4 Å². The zero-order chi connectivity index (χ0) is 64.5. The Labute approximate surface area is 536 Å². The molecule has 22 heteroatoms. The van der Waals surface area contributed by atoms with Gasteiger partial charge in [0.15, 0.2) is 11.6 Å². The van der Waals surface area contributed by atoms with Crippen molar-refractivity contribution in [3.05, 3.63) is 147 Å². The van der Waals surface area contributed by atoms with Crippen LogP contribution in [0.4, 0.5) is 21.2 Å². The SMILES string of the molecule is CC1(C)OB(C2=CC=NC2)OC1(C)C.CCN(Cc1nc2c(N)nc3cc(Br)ccc3c2n1CCOCc1ccccc1)C(=O)OC(C)(C)C.CCN(Cc1nc2c(N)nc3cc(C4=CC=NC4)ccc3c2n1CCOCc1ccccc1)C(=O)OC(C)(C)C. The summed E-state index contributed by atoms with van der Waals surface area (Å²) in [7, 11) is -0.220. The maximum Gasteiger partial charge on any atom is 0.492 e. The normalized spacial score (nSPS) is 15.0.